The SMILES string of the molecule is CCC[C@H](N)C(=O)OCCCC(C)C. The zero-order chi connectivity index (χ0) is 11.0. The Kier molecular flexibility index (Phi) is 7.48. The first-order chi connectivity index (χ1) is 6.57. The van der Waals surface area contributed by atoms with E-state index in [1.807, 2.05) is 6.92 Å². The minimum Gasteiger partial charge on any atom is -0.465 e. The van der Waals surface area contributed by atoms with E-state index >= 15 is 0 Å². The number of ether oxygens (including phenoxy) is 1. The number of nitrogens with two attached hydrogens (primary N) is 1. The lowest BCUT2D eigenvalue weighted by Crippen LogP contribution is -2.32. The van der Waals surface area contributed by atoms with E-state index in [4.69, 9.17) is 10.5 Å². The fraction of sp³-hybridized carbons (Fsp3) is 0.909. The largest absolute Gasteiger partial charge is 0.465 e. The minimum atomic E-state index is -0.431. The number of carbonyl (C=O) groups excluding carboxylic acids is 1. The van der Waals surface area contributed by atoms with Crippen LogP contribution in [0.4, 0.5) is 0 Å². The monoisotopic (exact) mass is 201 g/mol. The summed E-state index contributed by atoms with van der Waals surface area (Å²) < 4.78 is 5.04. The summed E-state index contributed by atoms with van der Waals surface area (Å²) in [6.07, 6.45) is 3.66. The summed E-state index contributed by atoms with van der Waals surface area (Å²) >= 11 is 0. The van der Waals surface area contributed by atoms with Crippen molar-refractivity contribution in [2.24, 2.45) is 11.7 Å². The Morgan fingerprint density at radius 2 is 2.00 bits per heavy atom. The average Bonchev–Trinajstić information content (AvgIpc) is 2.12. The maximum atomic E-state index is 11.2. The van der Waals surface area contributed by atoms with Gasteiger partial charge < -0.3 is 10.5 Å². The van der Waals surface area contributed by atoms with Crippen LogP contribution >= 0.6 is 0 Å². The highest BCUT2D eigenvalue weighted by atomic mass is 16.5. The van der Waals surface area contributed by atoms with Crippen LogP contribution in [0.5, 0.6) is 0 Å². The van der Waals surface area contributed by atoms with Crippen molar-refractivity contribution in [2.45, 2.75) is 52.5 Å². The molecule has 0 aromatic rings. The van der Waals surface area contributed by atoms with Gasteiger partial charge in [-0.3, -0.25) is 4.79 Å². The zero-order valence-corrected chi connectivity index (χ0v) is 9.58. The Morgan fingerprint density at radius 1 is 1.36 bits per heavy atom. The van der Waals surface area contributed by atoms with Gasteiger partial charge in [0.25, 0.3) is 0 Å². The molecule has 0 saturated carbocycles. The fourth-order valence-corrected chi connectivity index (χ4v) is 1.20. The molecule has 0 rings (SSSR count). The third-order valence-electron chi connectivity index (χ3n) is 2.07. The van der Waals surface area contributed by atoms with Crippen molar-refractivity contribution in [3.63, 3.8) is 0 Å². The van der Waals surface area contributed by atoms with Crippen LogP contribution in [0, 0.1) is 5.92 Å². The third kappa shape index (κ3) is 6.89. The number of hydrogen-bond acceptors (Lipinski definition) is 3. The van der Waals surface area contributed by atoms with Crippen LogP contribution in [0.25, 0.3) is 0 Å². The lowest BCUT2D eigenvalue weighted by atomic mass is 10.1. The van der Waals surface area contributed by atoms with Crippen LogP contribution < -0.4 is 5.73 Å². The molecule has 0 aliphatic carbocycles. The lowest BCUT2D eigenvalue weighted by Gasteiger charge is -2.10. The van der Waals surface area contributed by atoms with E-state index in [1.54, 1.807) is 0 Å². The molecule has 0 unspecified atom stereocenters. The van der Waals surface area contributed by atoms with Crippen molar-refractivity contribution in [1.82, 2.24) is 0 Å². The quantitative estimate of drug-likeness (QED) is 0.507. The molecule has 0 heterocycles. The minimum absolute atomic E-state index is 0.254. The average molecular weight is 201 g/mol. The highest BCUT2D eigenvalue weighted by molar-refractivity contribution is 5.75. The summed E-state index contributed by atoms with van der Waals surface area (Å²) in [5.41, 5.74) is 5.60. The van der Waals surface area contributed by atoms with E-state index in [1.165, 1.54) is 0 Å². The van der Waals surface area contributed by atoms with Crippen LogP contribution in [-0.2, 0) is 9.53 Å². The molecule has 1 atom stereocenters. The lowest BCUT2D eigenvalue weighted by molar-refractivity contribution is -0.145. The van der Waals surface area contributed by atoms with E-state index in [2.05, 4.69) is 13.8 Å². The number of carbonyl (C=O) groups is 1. The first kappa shape index (κ1) is 13.4. The first-order valence-electron chi connectivity index (χ1n) is 5.50. The maximum Gasteiger partial charge on any atom is 0.322 e. The second kappa shape index (κ2) is 7.80. The van der Waals surface area contributed by atoms with Crippen molar-refractivity contribution in [2.75, 3.05) is 6.61 Å². The van der Waals surface area contributed by atoms with Crippen LogP contribution in [-0.4, -0.2) is 18.6 Å². The number of rotatable bonds is 7. The number of hydrogen-bond donors (Lipinski definition) is 1. The Balaban J connectivity index is 3.44. The summed E-state index contributed by atoms with van der Waals surface area (Å²) in [6, 6.07) is -0.431. The van der Waals surface area contributed by atoms with Gasteiger partial charge in [0.05, 0.1) is 6.61 Å². The normalized spacial score (nSPS) is 12.9. The molecule has 14 heavy (non-hydrogen) atoms. The second-order valence-electron chi connectivity index (χ2n) is 4.10. The molecule has 2 N–H and O–H groups in total. The van der Waals surface area contributed by atoms with Crippen LogP contribution in [0.1, 0.15) is 46.5 Å². The summed E-state index contributed by atoms with van der Waals surface area (Å²) in [4.78, 5) is 11.2. The summed E-state index contributed by atoms with van der Waals surface area (Å²) in [7, 11) is 0. The van der Waals surface area contributed by atoms with Crippen LogP contribution in [0.2, 0.25) is 0 Å². The molecule has 0 fully saturated rings. The van der Waals surface area contributed by atoms with Gasteiger partial charge >= 0.3 is 5.97 Å². The molecular formula is C11H23NO2. The van der Waals surface area contributed by atoms with Crippen molar-refractivity contribution in [3.05, 3.63) is 0 Å². The molecule has 0 aromatic carbocycles. The molecule has 0 aromatic heterocycles. The molecule has 0 saturated heterocycles. The van der Waals surface area contributed by atoms with Gasteiger partial charge in [0.1, 0.15) is 6.04 Å². The van der Waals surface area contributed by atoms with E-state index < -0.39 is 6.04 Å². The fourth-order valence-electron chi connectivity index (χ4n) is 1.20. The highest BCUT2D eigenvalue weighted by Gasteiger charge is 2.12. The molecule has 0 amide bonds. The summed E-state index contributed by atoms with van der Waals surface area (Å²) in [6.45, 7) is 6.83. The molecule has 0 radical (unpaired) electrons. The Bertz CT molecular complexity index is 157. The molecule has 0 aliphatic rings. The molecule has 0 aliphatic heterocycles. The van der Waals surface area contributed by atoms with Gasteiger partial charge in [0.15, 0.2) is 0 Å². The Hall–Kier alpha value is -0.570. The van der Waals surface area contributed by atoms with Gasteiger partial charge in [-0.25, -0.2) is 0 Å². The predicted octanol–water partition coefficient (Wildman–Crippen LogP) is 2.09. The van der Waals surface area contributed by atoms with Gasteiger partial charge in [-0.15, -0.1) is 0 Å². The Labute approximate surface area is 87.0 Å². The second-order valence-corrected chi connectivity index (χ2v) is 4.10. The zero-order valence-electron chi connectivity index (χ0n) is 9.58. The van der Waals surface area contributed by atoms with Crippen LogP contribution in [0.3, 0.4) is 0 Å². The molecule has 0 bridgehead atoms. The van der Waals surface area contributed by atoms with Gasteiger partial charge in [-0.2, -0.15) is 0 Å². The van der Waals surface area contributed by atoms with Crippen molar-refractivity contribution >= 4 is 5.97 Å². The van der Waals surface area contributed by atoms with Crippen molar-refractivity contribution < 1.29 is 9.53 Å². The molecule has 84 valence electrons. The Morgan fingerprint density at radius 3 is 2.50 bits per heavy atom. The van der Waals surface area contributed by atoms with E-state index in [0.29, 0.717) is 18.9 Å². The van der Waals surface area contributed by atoms with Gasteiger partial charge in [0, 0.05) is 0 Å². The first-order valence-corrected chi connectivity index (χ1v) is 5.50. The van der Waals surface area contributed by atoms with Gasteiger partial charge in [0.2, 0.25) is 0 Å². The standard InChI is InChI=1S/C11H23NO2/c1-4-6-10(12)11(13)14-8-5-7-9(2)3/h9-10H,4-8,12H2,1-3H3/t10-/m0/s1. The smallest absolute Gasteiger partial charge is 0.322 e. The van der Waals surface area contributed by atoms with E-state index in [9.17, 15) is 4.79 Å². The molecular weight excluding hydrogens is 178 g/mol. The van der Waals surface area contributed by atoms with Gasteiger partial charge in [-0.1, -0.05) is 27.2 Å². The number of esters is 1. The molecule has 3 heteroatoms. The molecule has 3 nitrogen and oxygen atoms in total. The highest BCUT2D eigenvalue weighted by Crippen LogP contribution is 2.04. The van der Waals surface area contributed by atoms with Crippen LogP contribution in [0.15, 0.2) is 0 Å². The third-order valence-corrected chi connectivity index (χ3v) is 2.07. The predicted molar refractivity (Wildman–Crippen MR) is 57.9 cm³/mol. The van der Waals surface area contributed by atoms with Gasteiger partial charge in [-0.05, 0) is 25.2 Å². The maximum absolute atomic E-state index is 11.2. The van der Waals surface area contributed by atoms with E-state index in [-0.39, 0.29) is 5.97 Å². The summed E-state index contributed by atoms with van der Waals surface area (Å²) in [5.74, 6) is 0.411. The van der Waals surface area contributed by atoms with Crippen molar-refractivity contribution in [3.8, 4) is 0 Å². The topological polar surface area (TPSA) is 52.3 Å². The molecule has 0 spiro atoms. The van der Waals surface area contributed by atoms with Crippen molar-refractivity contribution in [1.29, 1.82) is 0 Å². The van der Waals surface area contributed by atoms with E-state index in [0.717, 1.165) is 19.3 Å². The summed E-state index contributed by atoms with van der Waals surface area (Å²) in [5, 5.41) is 0.